The molecule has 0 amide bonds. The zero-order chi connectivity index (χ0) is 14.3. The molecule has 0 saturated carbocycles. The van der Waals surface area contributed by atoms with Crippen LogP contribution in [0.25, 0.3) is 0 Å². The van der Waals surface area contributed by atoms with Crippen LogP contribution in [0.3, 0.4) is 0 Å². The Morgan fingerprint density at radius 2 is 2.11 bits per heavy atom. The van der Waals surface area contributed by atoms with Crippen LogP contribution in [-0.2, 0) is 6.54 Å². The molecular weight excluding hydrogens is 390 g/mol. The van der Waals surface area contributed by atoms with Gasteiger partial charge in [0.15, 0.2) is 0 Å². The lowest BCUT2D eigenvalue weighted by atomic mass is 10.2. The van der Waals surface area contributed by atoms with Gasteiger partial charge in [-0.1, -0.05) is 22.9 Å². The van der Waals surface area contributed by atoms with E-state index in [1.807, 2.05) is 17.8 Å². The predicted octanol–water partition coefficient (Wildman–Crippen LogP) is 4.84. The lowest BCUT2D eigenvalue weighted by molar-refractivity contribution is 0.402. The smallest absolute Gasteiger partial charge is 0.137 e. The summed E-state index contributed by atoms with van der Waals surface area (Å²) in [6.45, 7) is 5.25. The molecule has 1 N–H and O–H groups in total. The van der Waals surface area contributed by atoms with Crippen LogP contribution in [0.2, 0.25) is 0 Å². The van der Waals surface area contributed by atoms with Crippen LogP contribution >= 0.6 is 43.6 Å². The van der Waals surface area contributed by atoms with Crippen molar-refractivity contribution in [1.29, 1.82) is 0 Å². The number of thioether (sulfide) groups is 1. The molecule has 0 saturated heterocycles. The van der Waals surface area contributed by atoms with Gasteiger partial charge in [-0.2, -0.15) is 11.8 Å². The number of nitrogens with one attached hydrogen (secondary N) is 1. The van der Waals surface area contributed by atoms with Gasteiger partial charge in [-0.25, -0.2) is 0 Å². The summed E-state index contributed by atoms with van der Waals surface area (Å²) in [6, 6.07) is 4.62. The summed E-state index contributed by atoms with van der Waals surface area (Å²) in [7, 11) is 1.71. The minimum atomic E-state index is 0.515. The average Bonchev–Trinajstić information content (AvgIpc) is 2.36. The Hall–Kier alpha value is 0.290. The number of hydrogen-bond acceptors (Lipinski definition) is 3. The first-order valence-electron chi connectivity index (χ1n) is 6.41. The Kier molecular flexibility index (Phi) is 8.46. The molecule has 2 nitrogen and oxygen atoms in total. The number of rotatable bonds is 8. The number of benzene rings is 1. The van der Waals surface area contributed by atoms with Crippen LogP contribution in [0.4, 0.5) is 0 Å². The summed E-state index contributed by atoms with van der Waals surface area (Å²) in [5.74, 6) is 3.31. The van der Waals surface area contributed by atoms with Crippen molar-refractivity contribution >= 4 is 43.6 Å². The molecular formula is C14H21Br2NOS. The van der Waals surface area contributed by atoms with E-state index in [1.54, 1.807) is 7.11 Å². The molecule has 5 heteroatoms. The molecule has 0 spiro atoms. The number of ether oxygens (including phenoxy) is 1. The van der Waals surface area contributed by atoms with Crippen molar-refractivity contribution < 1.29 is 4.74 Å². The molecule has 1 aromatic carbocycles. The topological polar surface area (TPSA) is 21.3 Å². The summed E-state index contributed by atoms with van der Waals surface area (Å²) in [6.07, 6.45) is 1.19. The van der Waals surface area contributed by atoms with Gasteiger partial charge >= 0.3 is 0 Å². The number of halogens is 2. The van der Waals surface area contributed by atoms with Gasteiger partial charge in [0.05, 0.1) is 11.6 Å². The SMILES string of the molecule is CCSCCC(C)NCc1cc(Br)cc(Br)c1OC. The third-order valence-electron chi connectivity index (χ3n) is 2.83. The highest BCUT2D eigenvalue weighted by molar-refractivity contribution is 9.11. The van der Waals surface area contributed by atoms with E-state index in [0.717, 1.165) is 21.2 Å². The van der Waals surface area contributed by atoms with Gasteiger partial charge in [0.2, 0.25) is 0 Å². The van der Waals surface area contributed by atoms with Gasteiger partial charge in [-0.3, -0.25) is 0 Å². The molecule has 0 aliphatic carbocycles. The molecule has 0 bridgehead atoms. The highest BCUT2D eigenvalue weighted by atomic mass is 79.9. The zero-order valence-corrected chi connectivity index (χ0v) is 15.6. The Labute approximate surface area is 137 Å². The summed E-state index contributed by atoms with van der Waals surface area (Å²) in [4.78, 5) is 0. The summed E-state index contributed by atoms with van der Waals surface area (Å²) in [5.41, 5.74) is 1.17. The maximum absolute atomic E-state index is 5.45. The average molecular weight is 411 g/mol. The number of methoxy groups -OCH3 is 1. The largest absolute Gasteiger partial charge is 0.495 e. The highest BCUT2D eigenvalue weighted by Gasteiger charge is 2.10. The van der Waals surface area contributed by atoms with Gasteiger partial charge in [-0.05, 0) is 52.9 Å². The highest BCUT2D eigenvalue weighted by Crippen LogP contribution is 2.32. The van der Waals surface area contributed by atoms with Crippen molar-refractivity contribution in [2.45, 2.75) is 32.9 Å². The Morgan fingerprint density at radius 3 is 2.74 bits per heavy atom. The fourth-order valence-electron chi connectivity index (χ4n) is 1.76. The normalized spacial score (nSPS) is 12.5. The predicted molar refractivity (Wildman–Crippen MR) is 92.3 cm³/mol. The molecule has 1 aromatic rings. The molecule has 0 heterocycles. The lowest BCUT2D eigenvalue weighted by Crippen LogP contribution is -2.26. The molecule has 19 heavy (non-hydrogen) atoms. The first kappa shape index (κ1) is 17.3. The van der Waals surface area contributed by atoms with E-state index in [4.69, 9.17) is 4.74 Å². The Balaban J connectivity index is 2.57. The molecule has 0 aliphatic rings. The van der Waals surface area contributed by atoms with Gasteiger partial charge in [0.1, 0.15) is 5.75 Å². The molecule has 1 rings (SSSR count). The van der Waals surface area contributed by atoms with Crippen LogP contribution in [0, 0.1) is 0 Å². The second-order valence-electron chi connectivity index (χ2n) is 4.35. The molecule has 0 radical (unpaired) electrons. The first-order valence-corrected chi connectivity index (χ1v) is 9.15. The fourth-order valence-corrected chi connectivity index (χ4v) is 4.05. The van der Waals surface area contributed by atoms with Crippen LogP contribution < -0.4 is 10.1 Å². The van der Waals surface area contributed by atoms with E-state index in [1.165, 1.54) is 23.5 Å². The van der Waals surface area contributed by atoms with E-state index in [-0.39, 0.29) is 0 Å². The van der Waals surface area contributed by atoms with Crippen LogP contribution in [0.15, 0.2) is 21.1 Å². The number of hydrogen-bond donors (Lipinski definition) is 1. The minimum Gasteiger partial charge on any atom is -0.495 e. The van der Waals surface area contributed by atoms with Gasteiger partial charge < -0.3 is 10.1 Å². The summed E-state index contributed by atoms with van der Waals surface area (Å²) >= 11 is 9.04. The minimum absolute atomic E-state index is 0.515. The molecule has 0 fully saturated rings. The second kappa shape index (κ2) is 9.27. The van der Waals surface area contributed by atoms with Crippen molar-refractivity contribution in [3.8, 4) is 5.75 Å². The quantitative estimate of drug-likeness (QED) is 0.619. The van der Waals surface area contributed by atoms with Crippen molar-refractivity contribution in [2.24, 2.45) is 0 Å². The maximum Gasteiger partial charge on any atom is 0.137 e. The fraction of sp³-hybridized carbons (Fsp3) is 0.571. The maximum atomic E-state index is 5.45. The zero-order valence-electron chi connectivity index (χ0n) is 11.6. The Morgan fingerprint density at radius 1 is 1.37 bits per heavy atom. The van der Waals surface area contributed by atoms with Crippen LogP contribution in [0.5, 0.6) is 5.75 Å². The van der Waals surface area contributed by atoms with E-state index in [0.29, 0.717) is 6.04 Å². The third-order valence-corrected chi connectivity index (χ3v) is 4.81. The van der Waals surface area contributed by atoms with Crippen molar-refractivity contribution in [3.05, 3.63) is 26.6 Å². The Bertz CT molecular complexity index is 401. The monoisotopic (exact) mass is 409 g/mol. The van der Waals surface area contributed by atoms with E-state index in [2.05, 4.69) is 57.1 Å². The standard InChI is InChI=1S/C14H21Br2NOS/c1-4-19-6-5-10(2)17-9-11-7-12(15)8-13(16)14(11)18-3/h7-8,10,17H,4-6,9H2,1-3H3. The molecule has 0 aromatic heterocycles. The van der Waals surface area contributed by atoms with Crippen molar-refractivity contribution in [2.75, 3.05) is 18.6 Å². The van der Waals surface area contributed by atoms with E-state index >= 15 is 0 Å². The van der Waals surface area contributed by atoms with Gasteiger partial charge in [0.25, 0.3) is 0 Å². The lowest BCUT2D eigenvalue weighted by Gasteiger charge is -2.16. The summed E-state index contributed by atoms with van der Waals surface area (Å²) in [5, 5.41) is 3.55. The first-order chi connectivity index (χ1) is 9.08. The molecule has 0 aliphatic heterocycles. The van der Waals surface area contributed by atoms with Crippen molar-refractivity contribution in [1.82, 2.24) is 5.32 Å². The molecule has 108 valence electrons. The van der Waals surface area contributed by atoms with Crippen LogP contribution in [0.1, 0.15) is 25.8 Å². The van der Waals surface area contributed by atoms with E-state index < -0.39 is 0 Å². The molecule has 1 atom stereocenters. The molecule has 1 unspecified atom stereocenters. The summed E-state index contributed by atoms with van der Waals surface area (Å²) < 4.78 is 7.49. The van der Waals surface area contributed by atoms with Gasteiger partial charge in [0, 0.05) is 22.6 Å². The van der Waals surface area contributed by atoms with E-state index in [9.17, 15) is 0 Å². The third kappa shape index (κ3) is 6.06. The second-order valence-corrected chi connectivity index (χ2v) is 7.51. The van der Waals surface area contributed by atoms with Crippen molar-refractivity contribution in [3.63, 3.8) is 0 Å². The van der Waals surface area contributed by atoms with Crippen LogP contribution in [-0.4, -0.2) is 24.7 Å². The van der Waals surface area contributed by atoms with Gasteiger partial charge in [-0.15, -0.1) is 0 Å².